The Hall–Kier alpha value is -4.30. The fourth-order valence-corrected chi connectivity index (χ4v) is 5.01. The Labute approximate surface area is 253 Å². The molecule has 43 heavy (non-hydrogen) atoms. The number of carbonyl (C=O) groups is 2. The standard InChI is InChI=1S/C35H41NO7/c1-23(2)17-20-42-29-16-13-26(21-30(29)41-5)32-31(34(38)35(39)36(32)18-8-19-40-4)33(37)25-11-14-28(15-12-25)43-22-27-10-7-6-9-24(27)3/h6-7,9-16,21,23,32,37H,8,17-20,22H2,1-5H3. The molecular weight excluding hydrogens is 546 g/mol. The Kier molecular flexibility index (Phi) is 10.8. The van der Waals surface area contributed by atoms with Crippen LogP contribution in [0, 0.1) is 12.8 Å². The minimum absolute atomic E-state index is 0.0199. The number of Topliss-reactive ketones (excluding diaryl/α,β-unsaturated/α-hetero) is 1. The highest BCUT2D eigenvalue weighted by Gasteiger charge is 2.46. The molecule has 0 saturated carbocycles. The number of benzene rings is 3. The van der Waals surface area contributed by atoms with Crippen LogP contribution >= 0.6 is 0 Å². The van der Waals surface area contributed by atoms with Crippen LogP contribution in [0.3, 0.4) is 0 Å². The maximum absolute atomic E-state index is 13.4. The number of carbonyl (C=O) groups excluding carboxylic acids is 2. The summed E-state index contributed by atoms with van der Waals surface area (Å²) in [6.45, 7) is 7.93. The van der Waals surface area contributed by atoms with Crippen LogP contribution in [0.1, 0.15) is 55.0 Å². The first-order valence-corrected chi connectivity index (χ1v) is 14.6. The maximum atomic E-state index is 13.4. The first-order valence-electron chi connectivity index (χ1n) is 14.6. The van der Waals surface area contributed by atoms with E-state index in [-0.39, 0.29) is 17.9 Å². The summed E-state index contributed by atoms with van der Waals surface area (Å²) in [7, 11) is 3.13. The molecule has 8 nitrogen and oxygen atoms in total. The van der Waals surface area contributed by atoms with E-state index >= 15 is 0 Å². The Morgan fingerprint density at radius 3 is 2.35 bits per heavy atom. The van der Waals surface area contributed by atoms with Gasteiger partial charge in [0.2, 0.25) is 0 Å². The van der Waals surface area contributed by atoms with Crippen molar-refractivity contribution in [1.29, 1.82) is 0 Å². The van der Waals surface area contributed by atoms with E-state index in [0.717, 1.165) is 17.5 Å². The molecule has 0 radical (unpaired) electrons. The third kappa shape index (κ3) is 7.56. The number of nitrogens with zero attached hydrogens (tertiary/aromatic N) is 1. The lowest BCUT2D eigenvalue weighted by molar-refractivity contribution is -0.140. The predicted octanol–water partition coefficient (Wildman–Crippen LogP) is 6.47. The van der Waals surface area contributed by atoms with E-state index < -0.39 is 17.7 Å². The molecule has 1 heterocycles. The highest BCUT2D eigenvalue weighted by Crippen LogP contribution is 2.42. The highest BCUT2D eigenvalue weighted by atomic mass is 16.5. The van der Waals surface area contributed by atoms with Crippen molar-refractivity contribution in [2.45, 2.75) is 46.3 Å². The minimum Gasteiger partial charge on any atom is -0.507 e. The summed E-state index contributed by atoms with van der Waals surface area (Å²) in [4.78, 5) is 28.2. The molecule has 3 aromatic carbocycles. The number of hydrogen-bond donors (Lipinski definition) is 1. The van der Waals surface area contributed by atoms with Gasteiger partial charge in [0.15, 0.2) is 11.5 Å². The smallest absolute Gasteiger partial charge is 0.295 e. The van der Waals surface area contributed by atoms with Crippen LogP contribution in [0.15, 0.2) is 72.3 Å². The van der Waals surface area contributed by atoms with Gasteiger partial charge in [-0.1, -0.05) is 44.2 Å². The topological polar surface area (TPSA) is 94.5 Å². The number of amides is 1. The van der Waals surface area contributed by atoms with E-state index in [0.29, 0.717) is 60.5 Å². The van der Waals surface area contributed by atoms with E-state index in [9.17, 15) is 14.7 Å². The molecule has 1 atom stereocenters. The lowest BCUT2D eigenvalue weighted by atomic mass is 9.95. The van der Waals surface area contributed by atoms with Crippen molar-refractivity contribution in [3.8, 4) is 17.2 Å². The normalized spacial score (nSPS) is 16.1. The van der Waals surface area contributed by atoms with Gasteiger partial charge in [0.1, 0.15) is 18.1 Å². The molecule has 0 aliphatic carbocycles. The van der Waals surface area contributed by atoms with Crippen molar-refractivity contribution in [2.75, 3.05) is 34.0 Å². The summed E-state index contributed by atoms with van der Waals surface area (Å²) >= 11 is 0. The molecule has 1 fully saturated rings. The van der Waals surface area contributed by atoms with Gasteiger partial charge in [-0.3, -0.25) is 9.59 Å². The molecule has 4 rings (SSSR count). The average Bonchev–Trinajstić information content (AvgIpc) is 3.25. The molecule has 0 aromatic heterocycles. The lowest BCUT2D eigenvalue weighted by Gasteiger charge is -2.26. The third-order valence-corrected chi connectivity index (χ3v) is 7.53. The van der Waals surface area contributed by atoms with Gasteiger partial charge in [-0.15, -0.1) is 0 Å². The van der Waals surface area contributed by atoms with E-state index in [1.165, 1.54) is 4.90 Å². The Balaban J connectivity index is 1.66. The van der Waals surface area contributed by atoms with Gasteiger partial charge in [-0.2, -0.15) is 0 Å². The Morgan fingerprint density at radius 2 is 1.67 bits per heavy atom. The number of methoxy groups -OCH3 is 2. The lowest BCUT2D eigenvalue weighted by Crippen LogP contribution is -2.31. The number of ether oxygens (including phenoxy) is 4. The largest absolute Gasteiger partial charge is 0.507 e. The minimum atomic E-state index is -0.813. The van der Waals surface area contributed by atoms with Gasteiger partial charge in [-0.05, 0) is 78.8 Å². The number of likely N-dealkylation sites (tertiary alicyclic amines) is 1. The van der Waals surface area contributed by atoms with Crippen molar-refractivity contribution < 1.29 is 33.6 Å². The van der Waals surface area contributed by atoms with Crippen molar-refractivity contribution in [3.63, 3.8) is 0 Å². The molecule has 0 spiro atoms. The molecule has 3 aromatic rings. The first kappa shape index (κ1) is 31.6. The summed E-state index contributed by atoms with van der Waals surface area (Å²) in [6.07, 6.45) is 1.42. The highest BCUT2D eigenvalue weighted by molar-refractivity contribution is 6.46. The molecule has 1 N–H and O–H groups in total. The van der Waals surface area contributed by atoms with Gasteiger partial charge >= 0.3 is 0 Å². The average molecular weight is 588 g/mol. The predicted molar refractivity (Wildman–Crippen MR) is 165 cm³/mol. The summed E-state index contributed by atoms with van der Waals surface area (Å²) in [6, 6.07) is 19.4. The molecule has 228 valence electrons. The quantitative estimate of drug-likeness (QED) is 0.100. The van der Waals surface area contributed by atoms with Crippen LogP contribution in [0.25, 0.3) is 5.76 Å². The first-order chi connectivity index (χ1) is 20.7. The molecule has 1 unspecified atom stereocenters. The Bertz CT molecular complexity index is 1440. The molecule has 1 aliphatic rings. The second-order valence-electron chi connectivity index (χ2n) is 11.0. The Morgan fingerprint density at radius 1 is 0.930 bits per heavy atom. The molecule has 0 bridgehead atoms. The SMILES string of the molecule is COCCCN1C(=O)C(=O)C(=C(O)c2ccc(OCc3ccccc3C)cc2)C1c1ccc(OCCC(C)C)c(OC)c1. The fourth-order valence-electron chi connectivity index (χ4n) is 5.01. The zero-order valence-corrected chi connectivity index (χ0v) is 25.6. The van der Waals surface area contributed by atoms with Crippen LogP contribution in [0.5, 0.6) is 17.2 Å². The summed E-state index contributed by atoms with van der Waals surface area (Å²) < 4.78 is 22.7. The zero-order chi connectivity index (χ0) is 30.9. The summed E-state index contributed by atoms with van der Waals surface area (Å²) in [5.41, 5.74) is 3.27. The van der Waals surface area contributed by atoms with Crippen molar-refractivity contribution in [2.24, 2.45) is 5.92 Å². The van der Waals surface area contributed by atoms with E-state index in [1.54, 1.807) is 50.6 Å². The molecule has 1 amide bonds. The summed E-state index contributed by atoms with van der Waals surface area (Å²) in [5.74, 6) is 0.510. The van der Waals surface area contributed by atoms with Crippen LogP contribution in [-0.4, -0.2) is 55.7 Å². The maximum Gasteiger partial charge on any atom is 0.295 e. The zero-order valence-electron chi connectivity index (χ0n) is 25.6. The van der Waals surface area contributed by atoms with Gasteiger partial charge in [-0.25, -0.2) is 0 Å². The third-order valence-electron chi connectivity index (χ3n) is 7.53. The van der Waals surface area contributed by atoms with E-state index in [2.05, 4.69) is 13.8 Å². The van der Waals surface area contributed by atoms with Gasteiger partial charge in [0.25, 0.3) is 11.7 Å². The van der Waals surface area contributed by atoms with Gasteiger partial charge in [0, 0.05) is 25.8 Å². The number of aliphatic hydroxyl groups excluding tert-OH is 1. The monoisotopic (exact) mass is 587 g/mol. The number of rotatable bonds is 14. The second-order valence-corrected chi connectivity index (χ2v) is 11.0. The van der Waals surface area contributed by atoms with E-state index in [4.69, 9.17) is 18.9 Å². The second kappa shape index (κ2) is 14.7. The number of aryl methyl sites for hydroxylation is 1. The van der Waals surface area contributed by atoms with Gasteiger partial charge in [0.05, 0.1) is 25.3 Å². The fraction of sp³-hybridized carbons (Fsp3) is 0.371. The van der Waals surface area contributed by atoms with Gasteiger partial charge < -0.3 is 29.0 Å². The summed E-state index contributed by atoms with van der Waals surface area (Å²) in [5, 5.41) is 11.5. The molecule has 1 saturated heterocycles. The molecule has 1 aliphatic heterocycles. The number of aliphatic hydroxyl groups is 1. The van der Waals surface area contributed by atoms with Crippen LogP contribution < -0.4 is 14.2 Å². The van der Waals surface area contributed by atoms with Crippen molar-refractivity contribution in [3.05, 3.63) is 94.6 Å². The van der Waals surface area contributed by atoms with Crippen LogP contribution in [-0.2, 0) is 20.9 Å². The van der Waals surface area contributed by atoms with Crippen LogP contribution in [0.4, 0.5) is 0 Å². The number of hydrogen-bond acceptors (Lipinski definition) is 7. The van der Waals surface area contributed by atoms with Crippen molar-refractivity contribution >= 4 is 17.4 Å². The van der Waals surface area contributed by atoms with Crippen LogP contribution in [0.2, 0.25) is 0 Å². The number of ketones is 1. The van der Waals surface area contributed by atoms with E-state index in [1.807, 2.05) is 37.3 Å². The molecule has 8 heteroatoms. The van der Waals surface area contributed by atoms with Crippen molar-refractivity contribution in [1.82, 2.24) is 4.90 Å². The molecular formula is C35H41NO7.